The number of hydrogen-bond acceptors (Lipinski definition) is 3. The number of anilines is 1. The Bertz CT molecular complexity index is 381. The van der Waals surface area contributed by atoms with Gasteiger partial charge in [-0.15, -0.1) is 0 Å². The van der Waals surface area contributed by atoms with Crippen LogP contribution in [0, 0.1) is 11.9 Å². The number of nitrogens with one attached hydrogen (secondary N) is 1. The van der Waals surface area contributed by atoms with Gasteiger partial charge in [0.05, 0.1) is 0 Å². The standard InChI is InChI=1S/C14H22FN3/c1-11(2)10-18-8-4-5-12(18)9-16-14-7-3-6-13(15)17-14/h3,6-7,11-12H,4-5,8-10H2,1-2H3,(H,16,17)/t12-/m1/s1. The molecule has 3 nitrogen and oxygen atoms in total. The lowest BCUT2D eigenvalue weighted by molar-refractivity contribution is 0.234. The molecule has 2 heterocycles. The van der Waals surface area contributed by atoms with Gasteiger partial charge in [-0.3, -0.25) is 4.90 Å². The molecule has 1 N–H and O–H groups in total. The highest BCUT2D eigenvalue weighted by Gasteiger charge is 2.24. The Labute approximate surface area is 108 Å². The van der Waals surface area contributed by atoms with Crippen molar-refractivity contribution in [3.05, 3.63) is 24.1 Å². The van der Waals surface area contributed by atoms with Crippen LogP contribution in [0.1, 0.15) is 26.7 Å². The molecule has 1 aliphatic heterocycles. The highest BCUT2D eigenvalue weighted by Crippen LogP contribution is 2.19. The summed E-state index contributed by atoms with van der Waals surface area (Å²) in [5.74, 6) is 0.898. The van der Waals surface area contributed by atoms with Gasteiger partial charge in [0.25, 0.3) is 0 Å². The minimum atomic E-state index is -0.426. The van der Waals surface area contributed by atoms with Gasteiger partial charge in [-0.05, 0) is 37.4 Å². The summed E-state index contributed by atoms with van der Waals surface area (Å²) in [5.41, 5.74) is 0. The third-order valence-electron chi connectivity index (χ3n) is 3.33. The topological polar surface area (TPSA) is 28.2 Å². The molecule has 1 aromatic rings. The number of nitrogens with zero attached hydrogens (tertiary/aromatic N) is 2. The lowest BCUT2D eigenvalue weighted by Gasteiger charge is -2.26. The molecule has 0 radical (unpaired) electrons. The monoisotopic (exact) mass is 251 g/mol. The number of halogens is 1. The summed E-state index contributed by atoms with van der Waals surface area (Å²) in [7, 11) is 0. The first kappa shape index (κ1) is 13.3. The number of rotatable bonds is 5. The largest absolute Gasteiger partial charge is 0.368 e. The van der Waals surface area contributed by atoms with E-state index in [0.29, 0.717) is 17.8 Å². The van der Waals surface area contributed by atoms with Crippen LogP contribution in [0.15, 0.2) is 18.2 Å². The third-order valence-corrected chi connectivity index (χ3v) is 3.33. The molecule has 1 saturated heterocycles. The molecule has 0 amide bonds. The van der Waals surface area contributed by atoms with Crippen LogP contribution in [0.5, 0.6) is 0 Å². The highest BCUT2D eigenvalue weighted by molar-refractivity contribution is 5.33. The molecule has 0 aromatic carbocycles. The molecule has 1 aliphatic rings. The molecule has 18 heavy (non-hydrogen) atoms. The number of aromatic nitrogens is 1. The van der Waals surface area contributed by atoms with Gasteiger partial charge in [0, 0.05) is 19.1 Å². The zero-order chi connectivity index (χ0) is 13.0. The summed E-state index contributed by atoms with van der Waals surface area (Å²) in [4.78, 5) is 6.35. The number of pyridine rings is 1. The molecule has 0 bridgehead atoms. The Hall–Kier alpha value is -1.16. The molecule has 100 valence electrons. The van der Waals surface area contributed by atoms with Crippen molar-refractivity contribution in [1.29, 1.82) is 0 Å². The summed E-state index contributed by atoms with van der Waals surface area (Å²) in [6.07, 6.45) is 2.48. The van der Waals surface area contributed by atoms with Gasteiger partial charge < -0.3 is 5.32 Å². The molecule has 0 saturated carbocycles. The minimum Gasteiger partial charge on any atom is -0.368 e. The van der Waals surface area contributed by atoms with Gasteiger partial charge in [-0.2, -0.15) is 4.39 Å². The van der Waals surface area contributed by atoms with Crippen LogP contribution in [0.3, 0.4) is 0 Å². The number of hydrogen-bond donors (Lipinski definition) is 1. The summed E-state index contributed by atoms with van der Waals surface area (Å²) in [6.45, 7) is 7.67. The molecule has 0 unspecified atom stereocenters. The highest BCUT2D eigenvalue weighted by atomic mass is 19.1. The van der Waals surface area contributed by atoms with Crippen molar-refractivity contribution in [3.63, 3.8) is 0 Å². The van der Waals surface area contributed by atoms with Crippen LogP contribution in [-0.4, -0.2) is 35.6 Å². The van der Waals surface area contributed by atoms with Crippen LogP contribution in [0.4, 0.5) is 10.2 Å². The van der Waals surface area contributed by atoms with Crippen LogP contribution in [-0.2, 0) is 0 Å². The summed E-state index contributed by atoms with van der Waals surface area (Å²) in [6, 6.07) is 5.42. The van der Waals surface area contributed by atoms with Gasteiger partial charge in [0.2, 0.25) is 5.95 Å². The van der Waals surface area contributed by atoms with Crippen molar-refractivity contribution in [1.82, 2.24) is 9.88 Å². The van der Waals surface area contributed by atoms with E-state index in [9.17, 15) is 4.39 Å². The van der Waals surface area contributed by atoms with Crippen molar-refractivity contribution in [2.45, 2.75) is 32.7 Å². The van der Waals surface area contributed by atoms with Gasteiger partial charge in [-0.1, -0.05) is 19.9 Å². The van der Waals surface area contributed by atoms with Gasteiger partial charge in [-0.25, -0.2) is 4.98 Å². The molecule has 1 fully saturated rings. The quantitative estimate of drug-likeness (QED) is 0.816. The lowest BCUT2D eigenvalue weighted by Crippen LogP contribution is -2.37. The van der Waals surface area contributed by atoms with Crippen LogP contribution >= 0.6 is 0 Å². The first-order valence-corrected chi connectivity index (χ1v) is 6.75. The Morgan fingerprint density at radius 2 is 2.33 bits per heavy atom. The first-order chi connectivity index (χ1) is 8.65. The average Bonchev–Trinajstić information content (AvgIpc) is 2.73. The Kier molecular flexibility index (Phi) is 4.53. The van der Waals surface area contributed by atoms with E-state index >= 15 is 0 Å². The molecule has 1 aromatic heterocycles. The van der Waals surface area contributed by atoms with Gasteiger partial charge >= 0.3 is 0 Å². The van der Waals surface area contributed by atoms with E-state index in [1.54, 1.807) is 6.07 Å². The molecular formula is C14H22FN3. The Morgan fingerprint density at radius 1 is 1.50 bits per heavy atom. The summed E-state index contributed by atoms with van der Waals surface area (Å²) >= 11 is 0. The van der Waals surface area contributed by atoms with Crippen molar-refractivity contribution in [3.8, 4) is 0 Å². The third kappa shape index (κ3) is 3.67. The fourth-order valence-corrected chi connectivity index (χ4v) is 2.56. The molecular weight excluding hydrogens is 229 g/mol. The fourth-order valence-electron chi connectivity index (χ4n) is 2.56. The SMILES string of the molecule is CC(C)CN1CCC[C@@H]1CNc1cccc(F)n1. The zero-order valence-corrected chi connectivity index (χ0v) is 11.2. The zero-order valence-electron chi connectivity index (χ0n) is 11.2. The van der Waals surface area contributed by atoms with E-state index in [0.717, 1.165) is 13.1 Å². The van der Waals surface area contributed by atoms with Crippen molar-refractivity contribution < 1.29 is 4.39 Å². The maximum Gasteiger partial charge on any atom is 0.214 e. The molecule has 4 heteroatoms. The van der Waals surface area contributed by atoms with E-state index in [1.807, 2.05) is 6.07 Å². The van der Waals surface area contributed by atoms with Crippen molar-refractivity contribution >= 4 is 5.82 Å². The van der Waals surface area contributed by atoms with Gasteiger partial charge in [0.15, 0.2) is 0 Å². The maximum absolute atomic E-state index is 13.0. The second kappa shape index (κ2) is 6.14. The van der Waals surface area contributed by atoms with Crippen molar-refractivity contribution in [2.24, 2.45) is 5.92 Å². The van der Waals surface area contributed by atoms with Crippen LogP contribution < -0.4 is 5.32 Å². The first-order valence-electron chi connectivity index (χ1n) is 6.75. The minimum absolute atomic E-state index is 0.426. The van der Waals surface area contributed by atoms with E-state index in [2.05, 4.69) is 29.0 Å². The van der Waals surface area contributed by atoms with Crippen molar-refractivity contribution in [2.75, 3.05) is 25.0 Å². The van der Waals surface area contributed by atoms with E-state index in [4.69, 9.17) is 0 Å². The second-order valence-corrected chi connectivity index (χ2v) is 5.41. The Morgan fingerprint density at radius 3 is 3.06 bits per heavy atom. The van der Waals surface area contributed by atoms with Gasteiger partial charge in [0.1, 0.15) is 5.82 Å². The predicted octanol–water partition coefficient (Wildman–Crippen LogP) is 2.75. The number of likely N-dealkylation sites (tertiary alicyclic amines) is 1. The fraction of sp³-hybridized carbons (Fsp3) is 0.643. The normalized spacial score (nSPS) is 20.6. The Balaban J connectivity index is 1.85. The molecule has 2 rings (SSSR count). The van der Waals surface area contributed by atoms with E-state index in [-0.39, 0.29) is 0 Å². The van der Waals surface area contributed by atoms with E-state index in [1.165, 1.54) is 25.5 Å². The lowest BCUT2D eigenvalue weighted by atomic mass is 10.1. The average molecular weight is 251 g/mol. The molecule has 0 aliphatic carbocycles. The second-order valence-electron chi connectivity index (χ2n) is 5.41. The summed E-state index contributed by atoms with van der Waals surface area (Å²) < 4.78 is 13.0. The molecule has 0 spiro atoms. The smallest absolute Gasteiger partial charge is 0.214 e. The van der Waals surface area contributed by atoms with Crippen LogP contribution in [0.25, 0.3) is 0 Å². The predicted molar refractivity (Wildman–Crippen MR) is 72.1 cm³/mol. The van der Waals surface area contributed by atoms with Crippen LogP contribution in [0.2, 0.25) is 0 Å². The van der Waals surface area contributed by atoms with E-state index < -0.39 is 5.95 Å². The summed E-state index contributed by atoms with van der Waals surface area (Å²) in [5, 5.41) is 3.24. The maximum atomic E-state index is 13.0. The molecule has 1 atom stereocenters.